The number of methoxy groups -OCH3 is 2. The van der Waals surface area contributed by atoms with Gasteiger partial charge < -0.3 is 18.6 Å². The summed E-state index contributed by atoms with van der Waals surface area (Å²) in [6, 6.07) is 11.4. The molecule has 0 aliphatic heterocycles. The van der Waals surface area contributed by atoms with Crippen molar-refractivity contribution < 1.29 is 19.0 Å². The average Bonchev–Trinajstić information content (AvgIpc) is 3.07. The smallest absolute Gasteiger partial charge is 0.306 e. The third-order valence-corrected chi connectivity index (χ3v) is 3.88. The van der Waals surface area contributed by atoms with E-state index in [1.807, 2.05) is 53.2 Å². The van der Waals surface area contributed by atoms with Crippen LogP contribution in [0.25, 0.3) is 5.65 Å². The molecule has 0 fully saturated rings. The summed E-state index contributed by atoms with van der Waals surface area (Å²) in [5, 5.41) is 0. The van der Waals surface area contributed by atoms with E-state index in [9.17, 15) is 4.79 Å². The zero-order valence-electron chi connectivity index (χ0n) is 14.3. The number of rotatable bonds is 7. The fourth-order valence-corrected chi connectivity index (χ4v) is 2.67. The number of carbonyl (C=O) groups is 1. The third-order valence-electron chi connectivity index (χ3n) is 3.88. The first-order valence-electron chi connectivity index (χ1n) is 7.99. The van der Waals surface area contributed by atoms with E-state index in [2.05, 4.69) is 4.98 Å². The molecule has 0 spiro atoms. The lowest BCUT2D eigenvalue weighted by atomic mass is 10.1. The molecule has 3 aromatic rings. The molecule has 0 bridgehead atoms. The van der Waals surface area contributed by atoms with E-state index >= 15 is 0 Å². The van der Waals surface area contributed by atoms with Gasteiger partial charge in [0.05, 0.1) is 19.9 Å². The standard InChI is InChI=1S/C19H20N2O4/c1-23-16-7-5-6-14(19(16)24-2)9-10-18(22)25-13-15-12-21-11-4-3-8-17(21)20-15/h3-8,11-12H,9-10,13H2,1-2H3. The van der Waals surface area contributed by atoms with Crippen molar-refractivity contribution in [3.05, 3.63) is 60.0 Å². The fourth-order valence-electron chi connectivity index (χ4n) is 2.67. The largest absolute Gasteiger partial charge is 0.493 e. The van der Waals surface area contributed by atoms with E-state index in [1.54, 1.807) is 14.2 Å². The number of benzene rings is 1. The number of hydrogen-bond donors (Lipinski definition) is 0. The first-order valence-corrected chi connectivity index (χ1v) is 7.99. The Morgan fingerprint density at radius 1 is 1.12 bits per heavy atom. The van der Waals surface area contributed by atoms with Crippen LogP contribution in [-0.2, 0) is 22.6 Å². The van der Waals surface area contributed by atoms with Gasteiger partial charge in [0, 0.05) is 18.8 Å². The van der Waals surface area contributed by atoms with Crippen molar-refractivity contribution in [1.29, 1.82) is 0 Å². The number of aryl methyl sites for hydroxylation is 1. The molecule has 0 atom stereocenters. The van der Waals surface area contributed by atoms with Crippen molar-refractivity contribution in [2.45, 2.75) is 19.4 Å². The van der Waals surface area contributed by atoms with E-state index in [1.165, 1.54) is 0 Å². The molecule has 130 valence electrons. The highest BCUT2D eigenvalue weighted by atomic mass is 16.5. The molecule has 0 amide bonds. The molecule has 6 nitrogen and oxygen atoms in total. The summed E-state index contributed by atoms with van der Waals surface area (Å²) in [7, 11) is 3.17. The number of fused-ring (bicyclic) bond motifs is 1. The maximum absolute atomic E-state index is 12.0. The van der Waals surface area contributed by atoms with E-state index < -0.39 is 0 Å². The lowest BCUT2D eigenvalue weighted by Crippen LogP contribution is -2.07. The van der Waals surface area contributed by atoms with Gasteiger partial charge in [-0.15, -0.1) is 0 Å². The van der Waals surface area contributed by atoms with Crippen molar-refractivity contribution in [2.24, 2.45) is 0 Å². The quantitative estimate of drug-likeness (QED) is 0.619. The highest BCUT2D eigenvalue weighted by Gasteiger charge is 2.12. The van der Waals surface area contributed by atoms with Gasteiger partial charge in [-0.1, -0.05) is 18.2 Å². The summed E-state index contributed by atoms with van der Waals surface area (Å²) in [5.74, 6) is 1.03. The lowest BCUT2D eigenvalue weighted by Gasteiger charge is -2.12. The number of hydrogen-bond acceptors (Lipinski definition) is 5. The molecule has 2 aromatic heterocycles. The van der Waals surface area contributed by atoms with Gasteiger partial charge in [-0.2, -0.15) is 0 Å². The maximum atomic E-state index is 12.0. The molecule has 0 unspecified atom stereocenters. The monoisotopic (exact) mass is 340 g/mol. The van der Waals surface area contributed by atoms with Crippen LogP contribution in [0.5, 0.6) is 11.5 Å². The minimum Gasteiger partial charge on any atom is -0.493 e. The summed E-state index contributed by atoms with van der Waals surface area (Å²) in [6.45, 7) is 0.162. The van der Waals surface area contributed by atoms with Crippen molar-refractivity contribution in [3.63, 3.8) is 0 Å². The second kappa shape index (κ2) is 7.70. The van der Waals surface area contributed by atoms with Crippen LogP contribution in [0.4, 0.5) is 0 Å². The topological polar surface area (TPSA) is 62.1 Å². The van der Waals surface area contributed by atoms with Crippen LogP contribution in [0.1, 0.15) is 17.7 Å². The number of nitrogens with zero attached hydrogens (tertiary/aromatic N) is 2. The number of para-hydroxylation sites is 1. The predicted octanol–water partition coefficient (Wildman–Crippen LogP) is 3.03. The summed E-state index contributed by atoms with van der Waals surface area (Å²) < 4.78 is 17.9. The second-order valence-corrected chi connectivity index (χ2v) is 5.51. The Morgan fingerprint density at radius 3 is 2.76 bits per heavy atom. The summed E-state index contributed by atoms with van der Waals surface area (Å²) in [5.41, 5.74) is 2.46. The van der Waals surface area contributed by atoms with Crippen LogP contribution >= 0.6 is 0 Å². The van der Waals surface area contributed by atoms with Gasteiger partial charge in [-0.05, 0) is 30.2 Å². The number of aromatic nitrogens is 2. The number of pyridine rings is 1. The van der Waals surface area contributed by atoms with Crippen LogP contribution < -0.4 is 9.47 Å². The molecular formula is C19H20N2O4. The molecule has 0 saturated carbocycles. The summed E-state index contributed by atoms with van der Waals surface area (Å²) in [4.78, 5) is 16.4. The Kier molecular flexibility index (Phi) is 5.18. The van der Waals surface area contributed by atoms with Crippen molar-refractivity contribution in [1.82, 2.24) is 9.38 Å². The van der Waals surface area contributed by atoms with Gasteiger partial charge in [0.2, 0.25) is 0 Å². The molecule has 25 heavy (non-hydrogen) atoms. The number of carbonyl (C=O) groups excluding carboxylic acids is 1. The maximum Gasteiger partial charge on any atom is 0.306 e. The Labute approximate surface area is 146 Å². The zero-order valence-corrected chi connectivity index (χ0v) is 14.3. The van der Waals surface area contributed by atoms with Gasteiger partial charge in [0.25, 0.3) is 0 Å². The number of esters is 1. The van der Waals surface area contributed by atoms with Crippen molar-refractivity contribution in [2.75, 3.05) is 14.2 Å². The molecule has 0 aliphatic carbocycles. The molecule has 0 saturated heterocycles. The van der Waals surface area contributed by atoms with Gasteiger partial charge in [0.15, 0.2) is 11.5 Å². The first-order chi connectivity index (χ1) is 12.2. The summed E-state index contributed by atoms with van der Waals surface area (Å²) >= 11 is 0. The van der Waals surface area contributed by atoms with E-state index in [0.29, 0.717) is 17.9 Å². The van der Waals surface area contributed by atoms with Gasteiger partial charge in [-0.25, -0.2) is 4.98 Å². The van der Waals surface area contributed by atoms with Gasteiger partial charge >= 0.3 is 5.97 Å². The molecular weight excluding hydrogens is 320 g/mol. The van der Waals surface area contributed by atoms with Gasteiger partial charge in [0.1, 0.15) is 12.3 Å². The highest BCUT2D eigenvalue weighted by molar-refractivity contribution is 5.70. The third kappa shape index (κ3) is 3.91. The molecule has 0 N–H and O–H groups in total. The molecule has 6 heteroatoms. The molecule has 0 aliphatic rings. The van der Waals surface area contributed by atoms with E-state index in [-0.39, 0.29) is 19.0 Å². The van der Waals surface area contributed by atoms with Crippen LogP contribution in [0, 0.1) is 0 Å². The fraction of sp³-hybridized carbons (Fsp3) is 0.263. The highest BCUT2D eigenvalue weighted by Crippen LogP contribution is 2.31. The summed E-state index contributed by atoms with van der Waals surface area (Å²) in [6.07, 6.45) is 4.54. The van der Waals surface area contributed by atoms with Crippen LogP contribution in [0.2, 0.25) is 0 Å². The Hall–Kier alpha value is -3.02. The number of ether oxygens (including phenoxy) is 3. The van der Waals surface area contributed by atoms with Gasteiger partial charge in [-0.3, -0.25) is 4.79 Å². The van der Waals surface area contributed by atoms with E-state index in [0.717, 1.165) is 16.9 Å². The van der Waals surface area contributed by atoms with Crippen molar-refractivity contribution >= 4 is 11.6 Å². The normalized spacial score (nSPS) is 10.6. The minimum absolute atomic E-state index is 0.162. The Balaban J connectivity index is 1.56. The number of imidazole rings is 1. The Morgan fingerprint density at radius 2 is 2.00 bits per heavy atom. The molecule has 0 radical (unpaired) electrons. The minimum atomic E-state index is -0.276. The molecule has 2 heterocycles. The SMILES string of the molecule is COc1cccc(CCC(=O)OCc2cn3ccccc3n2)c1OC. The molecule has 3 rings (SSSR count). The lowest BCUT2D eigenvalue weighted by molar-refractivity contribution is -0.145. The van der Waals surface area contributed by atoms with E-state index in [4.69, 9.17) is 14.2 Å². The second-order valence-electron chi connectivity index (χ2n) is 5.51. The van der Waals surface area contributed by atoms with Crippen molar-refractivity contribution in [3.8, 4) is 11.5 Å². The van der Waals surface area contributed by atoms with Crippen LogP contribution in [-0.4, -0.2) is 29.6 Å². The Bertz CT molecular complexity index is 840. The van der Waals surface area contributed by atoms with Crippen LogP contribution in [0.15, 0.2) is 48.8 Å². The predicted molar refractivity (Wildman–Crippen MR) is 92.9 cm³/mol. The average molecular weight is 340 g/mol. The first kappa shape index (κ1) is 16.8. The molecule has 1 aromatic carbocycles. The van der Waals surface area contributed by atoms with Crippen LogP contribution in [0.3, 0.4) is 0 Å². The zero-order chi connectivity index (χ0) is 17.6.